The molecular weight excluding hydrogens is 252 g/mol. The highest BCUT2D eigenvalue weighted by atomic mass is 15.1. The minimum absolute atomic E-state index is 0.528. The summed E-state index contributed by atoms with van der Waals surface area (Å²) in [6, 6.07) is 1.81. The minimum atomic E-state index is 0.528. The van der Waals surface area contributed by atoms with Crippen LogP contribution in [0, 0.1) is 0 Å². The topological polar surface area (TPSA) is 81.6 Å². The molecule has 1 aliphatic carbocycles. The van der Waals surface area contributed by atoms with E-state index < -0.39 is 0 Å². The third-order valence-electron chi connectivity index (χ3n) is 3.41. The summed E-state index contributed by atoms with van der Waals surface area (Å²) in [6.45, 7) is 1.90. The number of nitrogens with zero attached hydrogens (tertiary/aromatic N) is 4. The molecule has 0 aliphatic heterocycles. The van der Waals surface area contributed by atoms with Gasteiger partial charge in [0.15, 0.2) is 0 Å². The predicted octanol–water partition coefficient (Wildman–Crippen LogP) is 2.03. The summed E-state index contributed by atoms with van der Waals surface area (Å²) < 4.78 is 2.09. The fraction of sp³-hybridized carbons (Fsp3) is 0.500. The van der Waals surface area contributed by atoms with Gasteiger partial charge in [0.25, 0.3) is 0 Å². The van der Waals surface area contributed by atoms with Crippen molar-refractivity contribution < 1.29 is 0 Å². The van der Waals surface area contributed by atoms with Crippen LogP contribution in [-0.2, 0) is 6.54 Å². The zero-order valence-electron chi connectivity index (χ0n) is 11.5. The third-order valence-corrected chi connectivity index (χ3v) is 3.41. The second-order valence-corrected chi connectivity index (χ2v) is 5.24. The SMILES string of the molecule is Nc1cc(NCCCCn2ccnc2)nc(C2CC2)n1. The number of hydrogen-bond donors (Lipinski definition) is 2. The van der Waals surface area contributed by atoms with Gasteiger partial charge < -0.3 is 15.6 Å². The molecule has 1 aliphatic rings. The predicted molar refractivity (Wildman–Crippen MR) is 78.4 cm³/mol. The Morgan fingerprint density at radius 3 is 2.95 bits per heavy atom. The van der Waals surface area contributed by atoms with E-state index >= 15 is 0 Å². The van der Waals surface area contributed by atoms with Crippen molar-refractivity contribution in [3.8, 4) is 0 Å². The summed E-state index contributed by atoms with van der Waals surface area (Å²) in [4.78, 5) is 12.8. The maximum Gasteiger partial charge on any atom is 0.136 e. The quantitative estimate of drug-likeness (QED) is 0.754. The van der Waals surface area contributed by atoms with Gasteiger partial charge in [-0.25, -0.2) is 15.0 Å². The molecule has 0 saturated heterocycles. The van der Waals surface area contributed by atoms with Crippen molar-refractivity contribution in [1.29, 1.82) is 0 Å². The molecule has 0 amide bonds. The van der Waals surface area contributed by atoms with E-state index in [1.54, 1.807) is 6.20 Å². The summed E-state index contributed by atoms with van der Waals surface area (Å²) in [6.07, 6.45) is 10.2. The number of anilines is 2. The largest absolute Gasteiger partial charge is 0.384 e. The standard InChI is InChI=1S/C14H20N6/c15-12-9-13(19-14(18-12)11-3-4-11)17-5-1-2-7-20-8-6-16-10-20/h6,8-11H,1-5,7H2,(H3,15,17,18,19). The fourth-order valence-corrected chi connectivity index (χ4v) is 2.15. The van der Waals surface area contributed by atoms with Gasteiger partial charge >= 0.3 is 0 Å². The number of nitrogens with two attached hydrogens (primary N) is 1. The van der Waals surface area contributed by atoms with Gasteiger partial charge in [0.2, 0.25) is 0 Å². The van der Waals surface area contributed by atoms with Crippen molar-refractivity contribution in [3.63, 3.8) is 0 Å². The van der Waals surface area contributed by atoms with Crippen LogP contribution in [0.15, 0.2) is 24.8 Å². The maximum absolute atomic E-state index is 5.82. The number of unbranched alkanes of at least 4 members (excludes halogenated alkanes) is 1. The molecule has 1 fully saturated rings. The van der Waals surface area contributed by atoms with Crippen molar-refractivity contribution in [2.24, 2.45) is 0 Å². The molecule has 2 aromatic rings. The Morgan fingerprint density at radius 2 is 2.20 bits per heavy atom. The van der Waals surface area contributed by atoms with Crippen molar-refractivity contribution in [3.05, 3.63) is 30.6 Å². The summed E-state index contributed by atoms with van der Waals surface area (Å²) in [5.74, 6) is 2.83. The molecule has 3 rings (SSSR count). The molecule has 3 N–H and O–H groups in total. The van der Waals surface area contributed by atoms with Gasteiger partial charge in [-0.15, -0.1) is 0 Å². The van der Waals surface area contributed by atoms with E-state index in [1.807, 2.05) is 18.6 Å². The third kappa shape index (κ3) is 3.46. The van der Waals surface area contributed by atoms with Crippen molar-refractivity contribution in [2.45, 2.75) is 38.1 Å². The van der Waals surface area contributed by atoms with Gasteiger partial charge in [-0.1, -0.05) is 0 Å². The van der Waals surface area contributed by atoms with Gasteiger partial charge in [-0.2, -0.15) is 0 Å². The van der Waals surface area contributed by atoms with Crippen LogP contribution in [-0.4, -0.2) is 26.1 Å². The molecular formula is C14H20N6. The van der Waals surface area contributed by atoms with Crippen molar-refractivity contribution >= 4 is 11.6 Å². The minimum Gasteiger partial charge on any atom is -0.384 e. The first-order chi connectivity index (χ1) is 9.81. The van der Waals surface area contributed by atoms with Crippen LogP contribution in [0.2, 0.25) is 0 Å². The molecule has 0 aromatic carbocycles. The Balaban J connectivity index is 1.43. The summed E-state index contributed by atoms with van der Waals surface area (Å²) in [5.41, 5.74) is 5.82. The molecule has 6 heteroatoms. The number of hydrogen-bond acceptors (Lipinski definition) is 5. The zero-order valence-corrected chi connectivity index (χ0v) is 11.5. The number of nitrogens with one attached hydrogen (secondary N) is 1. The van der Waals surface area contributed by atoms with Crippen LogP contribution in [0.25, 0.3) is 0 Å². The monoisotopic (exact) mass is 272 g/mol. The molecule has 0 bridgehead atoms. The summed E-state index contributed by atoms with van der Waals surface area (Å²) in [5, 5.41) is 3.33. The number of aryl methyl sites for hydroxylation is 1. The Kier molecular flexibility index (Phi) is 3.80. The number of rotatable bonds is 7. The molecule has 6 nitrogen and oxygen atoms in total. The van der Waals surface area contributed by atoms with Gasteiger partial charge in [0, 0.05) is 37.5 Å². The first kappa shape index (κ1) is 12.9. The Hall–Kier alpha value is -2.11. The lowest BCUT2D eigenvalue weighted by Crippen LogP contribution is -2.08. The van der Waals surface area contributed by atoms with Gasteiger partial charge in [-0.3, -0.25) is 0 Å². The molecule has 1 saturated carbocycles. The molecule has 2 heterocycles. The molecule has 0 unspecified atom stereocenters. The lowest BCUT2D eigenvalue weighted by Gasteiger charge is -2.08. The first-order valence-corrected chi connectivity index (χ1v) is 7.15. The zero-order chi connectivity index (χ0) is 13.8. The molecule has 106 valence electrons. The lowest BCUT2D eigenvalue weighted by atomic mass is 10.3. The average molecular weight is 272 g/mol. The normalized spacial score (nSPS) is 14.4. The van der Waals surface area contributed by atoms with Gasteiger partial charge in [-0.05, 0) is 25.7 Å². The number of aromatic nitrogens is 4. The van der Waals surface area contributed by atoms with E-state index in [0.29, 0.717) is 11.7 Å². The summed E-state index contributed by atoms with van der Waals surface area (Å²) in [7, 11) is 0. The van der Waals surface area contributed by atoms with Crippen LogP contribution in [0.3, 0.4) is 0 Å². The molecule has 0 spiro atoms. The fourth-order valence-electron chi connectivity index (χ4n) is 2.15. The second-order valence-electron chi connectivity index (χ2n) is 5.24. The molecule has 0 atom stereocenters. The smallest absolute Gasteiger partial charge is 0.136 e. The van der Waals surface area contributed by atoms with E-state index in [4.69, 9.17) is 5.73 Å². The van der Waals surface area contributed by atoms with Crippen molar-refractivity contribution in [2.75, 3.05) is 17.6 Å². The van der Waals surface area contributed by atoms with E-state index in [0.717, 1.165) is 37.6 Å². The van der Waals surface area contributed by atoms with Crippen LogP contribution < -0.4 is 11.1 Å². The molecule has 20 heavy (non-hydrogen) atoms. The first-order valence-electron chi connectivity index (χ1n) is 7.15. The second kappa shape index (κ2) is 5.90. The van der Waals surface area contributed by atoms with E-state index in [9.17, 15) is 0 Å². The highest BCUT2D eigenvalue weighted by Gasteiger charge is 2.27. The highest BCUT2D eigenvalue weighted by Crippen LogP contribution is 2.38. The lowest BCUT2D eigenvalue weighted by molar-refractivity contribution is 0.620. The van der Waals surface area contributed by atoms with Crippen LogP contribution in [0.5, 0.6) is 0 Å². The maximum atomic E-state index is 5.82. The average Bonchev–Trinajstić information content (AvgIpc) is 3.16. The van der Waals surface area contributed by atoms with E-state index in [2.05, 4.69) is 24.8 Å². The highest BCUT2D eigenvalue weighted by molar-refractivity contribution is 5.45. The molecule has 0 radical (unpaired) electrons. The van der Waals surface area contributed by atoms with Crippen molar-refractivity contribution in [1.82, 2.24) is 19.5 Å². The Morgan fingerprint density at radius 1 is 1.30 bits per heavy atom. The van der Waals surface area contributed by atoms with Gasteiger partial charge in [0.1, 0.15) is 17.5 Å². The number of imidazole rings is 1. The van der Waals surface area contributed by atoms with Crippen LogP contribution >= 0.6 is 0 Å². The van der Waals surface area contributed by atoms with Crippen LogP contribution in [0.1, 0.15) is 37.4 Å². The molecule has 2 aromatic heterocycles. The van der Waals surface area contributed by atoms with E-state index in [1.165, 1.54) is 12.8 Å². The van der Waals surface area contributed by atoms with Gasteiger partial charge in [0.05, 0.1) is 6.33 Å². The van der Waals surface area contributed by atoms with E-state index in [-0.39, 0.29) is 0 Å². The Labute approximate surface area is 118 Å². The number of nitrogen functional groups attached to an aromatic ring is 1. The Bertz CT molecular complexity index is 547. The summed E-state index contributed by atoms with van der Waals surface area (Å²) >= 11 is 0. The van der Waals surface area contributed by atoms with Crippen LogP contribution in [0.4, 0.5) is 11.6 Å².